The molecule has 1 aliphatic heterocycles. The minimum absolute atomic E-state index is 0.206. The number of thiophene rings is 1. The van der Waals surface area contributed by atoms with E-state index in [0.29, 0.717) is 12.6 Å². The number of carbonyl (C=O) groups is 1. The van der Waals surface area contributed by atoms with Crippen LogP contribution in [0.15, 0.2) is 16.8 Å². The molecule has 5 nitrogen and oxygen atoms in total. The Balaban J connectivity index is 1.65. The van der Waals surface area contributed by atoms with E-state index in [-0.39, 0.29) is 12.6 Å². The Morgan fingerprint density at radius 2 is 2.45 bits per heavy atom. The third kappa shape index (κ3) is 4.19. The average molecular weight is 297 g/mol. The predicted molar refractivity (Wildman–Crippen MR) is 80.9 cm³/mol. The standard InChI is InChI=1S/C14H23N3O2S/c1-2-17-6-3-4-12(17)8-15-14(19)16-9-13(18)11-5-7-20-10-11/h5,7,10,12-13,18H,2-4,6,8-9H2,1H3,(H2,15,16,19). The molecule has 0 bridgehead atoms. The van der Waals surface area contributed by atoms with Crippen molar-refractivity contribution in [3.63, 3.8) is 0 Å². The van der Waals surface area contributed by atoms with Gasteiger partial charge in [0.05, 0.1) is 6.10 Å². The van der Waals surface area contributed by atoms with Gasteiger partial charge in [-0.3, -0.25) is 4.90 Å². The van der Waals surface area contributed by atoms with E-state index in [1.807, 2.05) is 16.8 Å². The van der Waals surface area contributed by atoms with E-state index in [9.17, 15) is 9.90 Å². The molecule has 3 N–H and O–H groups in total. The smallest absolute Gasteiger partial charge is 0.314 e. The Morgan fingerprint density at radius 3 is 3.15 bits per heavy atom. The van der Waals surface area contributed by atoms with Crippen molar-refractivity contribution < 1.29 is 9.90 Å². The molecule has 1 fully saturated rings. The van der Waals surface area contributed by atoms with E-state index < -0.39 is 6.10 Å². The van der Waals surface area contributed by atoms with Crippen molar-refractivity contribution in [2.24, 2.45) is 0 Å². The molecule has 1 aromatic rings. The number of hydrogen-bond donors (Lipinski definition) is 3. The topological polar surface area (TPSA) is 64.6 Å². The van der Waals surface area contributed by atoms with Gasteiger partial charge in [0.2, 0.25) is 0 Å². The number of rotatable bonds is 6. The summed E-state index contributed by atoms with van der Waals surface area (Å²) in [5.74, 6) is 0. The minimum atomic E-state index is -0.634. The summed E-state index contributed by atoms with van der Waals surface area (Å²) in [6, 6.07) is 2.11. The molecule has 2 rings (SSSR count). The van der Waals surface area contributed by atoms with E-state index in [0.717, 1.165) is 25.1 Å². The molecule has 2 amide bonds. The fraction of sp³-hybridized carbons (Fsp3) is 0.643. The Hall–Kier alpha value is -1.11. The number of likely N-dealkylation sites (N-methyl/N-ethyl adjacent to an activating group) is 1. The van der Waals surface area contributed by atoms with Gasteiger partial charge in [0.15, 0.2) is 0 Å². The van der Waals surface area contributed by atoms with E-state index in [2.05, 4.69) is 22.5 Å². The molecular weight excluding hydrogens is 274 g/mol. The first-order chi connectivity index (χ1) is 9.70. The summed E-state index contributed by atoms with van der Waals surface area (Å²) in [5, 5.41) is 19.3. The molecule has 1 aromatic heterocycles. The lowest BCUT2D eigenvalue weighted by molar-refractivity contribution is 0.172. The summed E-state index contributed by atoms with van der Waals surface area (Å²) in [6.07, 6.45) is 1.72. The zero-order valence-electron chi connectivity index (χ0n) is 11.8. The summed E-state index contributed by atoms with van der Waals surface area (Å²) >= 11 is 1.54. The summed E-state index contributed by atoms with van der Waals surface area (Å²) in [4.78, 5) is 14.1. The van der Waals surface area contributed by atoms with Crippen LogP contribution in [0.5, 0.6) is 0 Å². The molecule has 0 spiro atoms. The van der Waals surface area contributed by atoms with Crippen molar-refractivity contribution in [2.45, 2.75) is 31.9 Å². The molecule has 20 heavy (non-hydrogen) atoms. The van der Waals surface area contributed by atoms with Crippen molar-refractivity contribution in [3.8, 4) is 0 Å². The molecule has 0 aromatic carbocycles. The number of likely N-dealkylation sites (tertiary alicyclic amines) is 1. The second kappa shape index (κ2) is 7.61. The van der Waals surface area contributed by atoms with Gasteiger partial charge in [-0.2, -0.15) is 11.3 Å². The molecule has 2 atom stereocenters. The van der Waals surface area contributed by atoms with Gasteiger partial charge in [0, 0.05) is 19.1 Å². The summed E-state index contributed by atoms with van der Waals surface area (Å²) in [5.41, 5.74) is 0.850. The number of amides is 2. The van der Waals surface area contributed by atoms with E-state index in [1.165, 1.54) is 17.8 Å². The van der Waals surface area contributed by atoms with Gasteiger partial charge in [-0.05, 0) is 48.3 Å². The zero-order valence-corrected chi connectivity index (χ0v) is 12.7. The second-order valence-corrected chi connectivity index (χ2v) is 5.87. The average Bonchev–Trinajstić information content (AvgIpc) is 3.12. The first kappa shape index (κ1) is 15.3. The zero-order chi connectivity index (χ0) is 14.4. The van der Waals surface area contributed by atoms with Crippen LogP contribution in [0.4, 0.5) is 4.79 Å². The van der Waals surface area contributed by atoms with Crippen LogP contribution in [0.3, 0.4) is 0 Å². The van der Waals surface area contributed by atoms with Crippen molar-refractivity contribution >= 4 is 17.4 Å². The monoisotopic (exact) mass is 297 g/mol. The Bertz CT molecular complexity index is 411. The van der Waals surface area contributed by atoms with Crippen LogP contribution in [0.1, 0.15) is 31.4 Å². The van der Waals surface area contributed by atoms with Gasteiger partial charge in [0.1, 0.15) is 0 Å². The maximum absolute atomic E-state index is 11.7. The molecule has 2 heterocycles. The number of urea groups is 1. The molecule has 1 saturated heterocycles. The van der Waals surface area contributed by atoms with Gasteiger partial charge < -0.3 is 15.7 Å². The van der Waals surface area contributed by atoms with Gasteiger partial charge >= 0.3 is 6.03 Å². The molecule has 0 radical (unpaired) electrons. The fourth-order valence-electron chi connectivity index (χ4n) is 2.59. The van der Waals surface area contributed by atoms with E-state index in [4.69, 9.17) is 0 Å². The SMILES string of the molecule is CCN1CCCC1CNC(=O)NCC(O)c1ccsc1. The second-order valence-electron chi connectivity index (χ2n) is 5.09. The Morgan fingerprint density at radius 1 is 1.60 bits per heavy atom. The molecule has 0 aliphatic carbocycles. The van der Waals surface area contributed by atoms with Crippen LogP contribution in [-0.2, 0) is 0 Å². The molecule has 1 aliphatic rings. The molecule has 0 saturated carbocycles. The van der Waals surface area contributed by atoms with Crippen LogP contribution in [0, 0.1) is 0 Å². The van der Waals surface area contributed by atoms with Gasteiger partial charge in [-0.15, -0.1) is 0 Å². The van der Waals surface area contributed by atoms with Crippen LogP contribution in [-0.4, -0.2) is 48.3 Å². The Labute approximate surface area is 124 Å². The maximum Gasteiger partial charge on any atom is 0.314 e. The maximum atomic E-state index is 11.7. The summed E-state index contributed by atoms with van der Waals surface area (Å²) in [7, 11) is 0. The number of aliphatic hydroxyl groups is 1. The number of nitrogens with zero attached hydrogens (tertiary/aromatic N) is 1. The van der Waals surface area contributed by atoms with E-state index in [1.54, 1.807) is 0 Å². The fourth-order valence-corrected chi connectivity index (χ4v) is 3.29. The highest BCUT2D eigenvalue weighted by Gasteiger charge is 2.23. The highest BCUT2D eigenvalue weighted by molar-refractivity contribution is 7.07. The van der Waals surface area contributed by atoms with Gasteiger partial charge in [-0.1, -0.05) is 6.92 Å². The van der Waals surface area contributed by atoms with Crippen LogP contribution < -0.4 is 10.6 Å². The molecule has 112 valence electrons. The van der Waals surface area contributed by atoms with Crippen LogP contribution in [0.2, 0.25) is 0 Å². The normalized spacial score (nSPS) is 20.8. The largest absolute Gasteiger partial charge is 0.387 e. The van der Waals surface area contributed by atoms with Crippen molar-refractivity contribution in [1.82, 2.24) is 15.5 Å². The molecular formula is C14H23N3O2S. The molecule has 6 heteroatoms. The number of aliphatic hydroxyl groups excluding tert-OH is 1. The lowest BCUT2D eigenvalue weighted by atomic mass is 10.2. The Kier molecular flexibility index (Phi) is 5.82. The molecule has 2 unspecified atom stereocenters. The van der Waals surface area contributed by atoms with E-state index >= 15 is 0 Å². The lowest BCUT2D eigenvalue weighted by Crippen LogP contribution is -2.44. The van der Waals surface area contributed by atoms with Gasteiger partial charge in [0.25, 0.3) is 0 Å². The van der Waals surface area contributed by atoms with Crippen LogP contribution in [0.25, 0.3) is 0 Å². The van der Waals surface area contributed by atoms with Gasteiger partial charge in [-0.25, -0.2) is 4.79 Å². The van der Waals surface area contributed by atoms with Crippen LogP contribution >= 0.6 is 11.3 Å². The predicted octanol–water partition coefficient (Wildman–Crippen LogP) is 1.56. The summed E-state index contributed by atoms with van der Waals surface area (Å²) in [6.45, 7) is 5.22. The first-order valence-corrected chi connectivity index (χ1v) is 8.11. The number of nitrogens with one attached hydrogen (secondary N) is 2. The highest BCUT2D eigenvalue weighted by Crippen LogP contribution is 2.16. The quantitative estimate of drug-likeness (QED) is 0.747. The number of carbonyl (C=O) groups excluding carboxylic acids is 1. The highest BCUT2D eigenvalue weighted by atomic mass is 32.1. The first-order valence-electron chi connectivity index (χ1n) is 7.16. The third-order valence-corrected chi connectivity index (χ3v) is 4.49. The minimum Gasteiger partial charge on any atom is -0.387 e. The lowest BCUT2D eigenvalue weighted by Gasteiger charge is -2.23. The van der Waals surface area contributed by atoms with Crippen molar-refractivity contribution in [3.05, 3.63) is 22.4 Å². The van der Waals surface area contributed by atoms with Crippen molar-refractivity contribution in [1.29, 1.82) is 0 Å². The summed E-state index contributed by atoms with van der Waals surface area (Å²) < 4.78 is 0. The third-order valence-electron chi connectivity index (χ3n) is 3.79. The van der Waals surface area contributed by atoms with Crippen molar-refractivity contribution in [2.75, 3.05) is 26.2 Å². The number of hydrogen-bond acceptors (Lipinski definition) is 4.